The van der Waals surface area contributed by atoms with Crippen molar-refractivity contribution in [2.24, 2.45) is 0 Å². The van der Waals surface area contributed by atoms with E-state index in [-0.39, 0.29) is 12.0 Å². The number of benzene rings is 1. The second kappa shape index (κ2) is 8.80. The first-order valence-electron chi connectivity index (χ1n) is 7.96. The molecule has 1 N–H and O–H groups in total. The minimum atomic E-state index is -0.247. The van der Waals surface area contributed by atoms with Gasteiger partial charge in [-0.2, -0.15) is 0 Å². The van der Waals surface area contributed by atoms with Gasteiger partial charge in [0.15, 0.2) is 0 Å². The summed E-state index contributed by atoms with van der Waals surface area (Å²) in [5.41, 5.74) is 1.19. The number of esters is 1. The molecule has 0 spiro atoms. The molecule has 1 aliphatic heterocycles. The predicted molar refractivity (Wildman–Crippen MR) is 84.0 cm³/mol. The Hall–Kier alpha value is -1.39. The lowest BCUT2D eigenvalue weighted by molar-refractivity contribution is -0.146. The van der Waals surface area contributed by atoms with E-state index in [9.17, 15) is 4.79 Å². The molecule has 1 aliphatic rings. The zero-order valence-corrected chi connectivity index (χ0v) is 12.9. The van der Waals surface area contributed by atoms with Gasteiger partial charge in [-0.05, 0) is 38.4 Å². The maximum absolute atomic E-state index is 12.1. The normalized spacial score (nSPS) is 17.4. The molecule has 0 radical (unpaired) electrons. The summed E-state index contributed by atoms with van der Waals surface area (Å²) in [5.74, 6) is -0.140. The smallest absolute Gasteiger partial charge is 0.324 e. The first-order valence-corrected chi connectivity index (χ1v) is 7.96. The van der Waals surface area contributed by atoms with Crippen molar-refractivity contribution >= 4 is 5.97 Å². The number of carbonyl (C=O) groups excluding carboxylic acids is 1. The Kier molecular flexibility index (Phi) is 6.70. The van der Waals surface area contributed by atoms with Crippen molar-refractivity contribution < 1.29 is 9.53 Å². The van der Waals surface area contributed by atoms with E-state index in [0.717, 1.165) is 19.6 Å². The van der Waals surface area contributed by atoms with Crippen LogP contribution < -0.4 is 5.32 Å². The second-order valence-electron chi connectivity index (χ2n) is 5.53. The Morgan fingerprint density at radius 1 is 1.24 bits per heavy atom. The van der Waals surface area contributed by atoms with Crippen LogP contribution in [0.4, 0.5) is 0 Å². The molecule has 1 aromatic carbocycles. The number of carbonyl (C=O) groups is 1. The average Bonchev–Trinajstić information content (AvgIpc) is 2.53. The van der Waals surface area contributed by atoms with Crippen LogP contribution in [0, 0.1) is 0 Å². The van der Waals surface area contributed by atoms with Gasteiger partial charge in [0.05, 0.1) is 6.61 Å². The van der Waals surface area contributed by atoms with Crippen molar-refractivity contribution in [3.63, 3.8) is 0 Å². The summed E-state index contributed by atoms with van der Waals surface area (Å²) in [7, 11) is 0. The fourth-order valence-electron chi connectivity index (χ4n) is 2.70. The largest absolute Gasteiger partial charge is 0.465 e. The van der Waals surface area contributed by atoms with Crippen LogP contribution in [0.2, 0.25) is 0 Å². The Balaban J connectivity index is 1.89. The molecule has 4 heteroatoms. The molecule has 2 rings (SSSR count). The van der Waals surface area contributed by atoms with Crippen molar-refractivity contribution in [1.82, 2.24) is 10.2 Å². The van der Waals surface area contributed by atoms with Crippen LogP contribution in [0.5, 0.6) is 0 Å². The minimum absolute atomic E-state index is 0.140. The maximum Gasteiger partial charge on any atom is 0.324 e. The standard InChI is InChI=1S/C17H26N2O2/c1-2-21-17(20)16(14-19-11-7-4-8-12-19)18-13-15-9-5-3-6-10-15/h3,5-6,9-10,16,18H,2,4,7-8,11-14H2,1H3. The summed E-state index contributed by atoms with van der Waals surface area (Å²) in [6.07, 6.45) is 3.76. The van der Waals surface area contributed by atoms with Gasteiger partial charge in [0, 0.05) is 13.1 Å². The van der Waals surface area contributed by atoms with Crippen molar-refractivity contribution in [2.45, 2.75) is 38.8 Å². The van der Waals surface area contributed by atoms with Gasteiger partial charge in [-0.3, -0.25) is 10.1 Å². The first kappa shape index (κ1) is 16.0. The van der Waals surface area contributed by atoms with E-state index >= 15 is 0 Å². The third-order valence-electron chi connectivity index (χ3n) is 3.86. The van der Waals surface area contributed by atoms with Crippen LogP contribution in [0.15, 0.2) is 30.3 Å². The summed E-state index contributed by atoms with van der Waals surface area (Å²) in [6, 6.07) is 9.91. The highest BCUT2D eigenvalue weighted by Gasteiger charge is 2.23. The monoisotopic (exact) mass is 290 g/mol. The lowest BCUT2D eigenvalue weighted by Gasteiger charge is -2.30. The zero-order valence-electron chi connectivity index (χ0n) is 12.9. The molecule has 0 bridgehead atoms. The number of nitrogens with one attached hydrogen (secondary N) is 1. The Bertz CT molecular complexity index is 416. The van der Waals surface area contributed by atoms with Gasteiger partial charge >= 0.3 is 5.97 Å². The van der Waals surface area contributed by atoms with Crippen molar-refractivity contribution in [1.29, 1.82) is 0 Å². The van der Waals surface area contributed by atoms with Crippen LogP contribution >= 0.6 is 0 Å². The number of hydrogen-bond acceptors (Lipinski definition) is 4. The molecule has 0 amide bonds. The van der Waals surface area contributed by atoms with Crippen molar-refractivity contribution in [3.05, 3.63) is 35.9 Å². The summed E-state index contributed by atoms with van der Waals surface area (Å²) in [4.78, 5) is 14.5. The zero-order chi connectivity index (χ0) is 14.9. The predicted octanol–water partition coefficient (Wildman–Crippen LogP) is 2.19. The van der Waals surface area contributed by atoms with Gasteiger partial charge in [0.2, 0.25) is 0 Å². The van der Waals surface area contributed by atoms with E-state index in [1.807, 2.05) is 25.1 Å². The Morgan fingerprint density at radius 3 is 2.62 bits per heavy atom. The average molecular weight is 290 g/mol. The summed E-state index contributed by atoms with van der Waals surface area (Å²) in [6.45, 7) is 5.89. The Morgan fingerprint density at radius 2 is 1.95 bits per heavy atom. The first-order chi connectivity index (χ1) is 10.3. The molecule has 1 aromatic rings. The third kappa shape index (κ3) is 5.48. The fraction of sp³-hybridized carbons (Fsp3) is 0.588. The van der Waals surface area contributed by atoms with E-state index in [1.54, 1.807) is 0 Å². The molecule has 21 heavy (non-hydrogen) atoms. The number of hydrogen-bond donors (Lipinski definition) is 1. The van der Waals surface area contributed by atoms with Crippen LogP contribution in [0.3, 0.4) is 0 Å². The van der Waals surface area contributed by atoms with Gasteiger partial charge in [-0.15, -0.1) is 0 Å². The lowest BCUT2D eigenvalue weighted by atomic mass is 10.1. The maximum atomic E-state index is 12.1. The third-order valence-corrected chi connectivity index (χ3v) is 3.86. The van der Waals surface area contributed by atoms with Crippen LogP contribution in [-0.4, -0.2) is 43.2 Å². The van der Waals surface area contributed by atoms with Gasteiger partial charge in [-0.1, -0.05) is 36.8 Å². The van der Waals surface area contributed by atoms with Crippen molar-refractivity contribution in [3.8, 4) is 0 Å². The highest BCUT2D eigenvalue weighted by molar-refractivity contribution is 5.76. The molecule has 1 unspecified atom stereocenters. The topological polar surface area (TPSA) is 41.6 Å². The number of ether oxygens (including phenoxy) is 1. The number of piperidine rings is 1. The van der Waals surface area contributed by atoms with Crippen LogP contribution in [0.1, 0.15) is 31.7 Å². The molecule has 1 heterocycles. The van der Waals surface area contributed by atoms with Gasteiger partial charge < -0.3 is 9.64 Å². The van der Waals surface area contributed by atoms with Crippen LogP contribution in [0.25, 0.3) is 0 Å². The summed E-state index contributed by atoms with van der Waals surface area (Å²) < 4.78 is 5.21. The van der Waals surface area contributed by atoms with Gasteiger partial charge in [0.1, 0.15) is 6.04 Å². The SMILES string of the molecule is CCOC(=O)C(CN1CCCCC1)NCc1ccccc1. The van der Waals surface area contributed by atoms with Gasteiger partial charge in [0.25, 0.3) is 0 Å². The van der Waals surface area contributed by atoms with Crippen molar-refractivity contribution in [2.75, 3.05) is 26.2 Å². The quantitative estimate of drug-likeness (QED) is 0.782. The molecule has 0 aromatic heterocycles. The van der Waals surface area contributed by atoms with Gasteiger partial charge in [-0.25, -0.2) is 0 Å². The minimum Gasteiger partial charge on any atom is -0.465 e. The summed E-state index contributed by atoms with van der Waals surface area (Å²) in [5, 5.41) is 3.35. The number of likely N-dealkylation sites (tertiary alicyclic amines) is 1. The molecule has 1 atom stereocenters. The lowest BCUT2D eigenvalue weighted by Crippen LogP contribution is -2.48. The second-order valence-corrected chi connectivity index (χ2v) is 5.53. The summed E-state index contributed by atoms with van der Waals surface area (Å²) >= 11 is 0. The molecular formula is C17H26N2O2. The molecule has 0 aliphatic carbocycles. The molecule has 116 valence electrons. The Labute approximate surface area is 127 Å². The van der Waals surface area contributed by atoms with Crippen LogP contribution in [-0.2, 0) is 16.1 Å². The molecule has 1 saturated heterocycles. The van der Waals surface area contributed by atoms with E-state index in [2.05, 4.69) is 22.3 Å². The molecule has 0 saturated carbocycles. The van der Waals surface area contributed by atoms with E-state index < -0.39 is 0 Å². The highest BCUT2D eigenvalue weighted by Crippen LogP contribution is 2.10. The molecule has 4 nitrogen and oxygen atoms in total. The molecular weight excluding hydrogens is 264 g/mol. The van der Waals surface area contributed by atoms with E-state index in [1.165, 1.54) is 24.8 Å². The number of nitrogens with zero attached hydrogens (tertiary/aromatic N) is 1. The number of rotatable bonds is 7. The van der Waals surface area contributed by atoms with E-state index in [0.29, 0.717) is 13.2 Å². The van der Waals surface area contributed by atoms with E-state index in [4.69, 9.17) is 4.74 Å². The fourth-order valence-corrected chi connectivity index (χ4v) is 2.70. The highest BCUT2D eigenvalue weighted by atomic mass is 16.5. The molecule has 1 fully saturated rings.